The van der Waals surface area contributed by atoms with Crippen molar-refractivity contribution in [2.45, 2.75) is 50.8 Å². The number of hydrogen-bond acceptors (Lipinski definition) is 8. The third-order valence-electron chi connectivity index (χ3n) is 6.76. The summed E-state index contributed by atoms with van der Waals surface area (Å²) in [6.45, 7) is 8.64. The Morgan fingerprint density at radius 2 is 1.89 bits per heavy atom. The number of rotatable bonds is 5. The van der Waals surface area contributed by atoms with E-state index in [4.69, 9.17) is 19.3 Å². The van der Waals surface area contributed by atoms with E-state index < -0.39 is 54.5 Å². The molecule has 0 bridgehead atoms. The third-order valence-corrected chi connectivity index (χ3v) is 6.76. The Kier molecular flexibility index (Phi) is 5.69. The van der Waals surface area contributed by atoms with Gasteiger partial charge >= 0.3 is 11.9 Å². The minimum atomic E-state index is -1.03. The zero-order chi connectivity index (χ0) is 20.8. The molecule has 2 aliphatic carbocycles. The summed E-state index contributed by atoms with van der Waals surface area (Å²) < 4.78 is 16.2. The second kappa shape index (κ2) is 7.59. The molecular weight excluding hydrogens is 368 g/mol. The van der Waals surface area contributed by atoms with Crippen LogP contribution >= 0.6 is 0 Å². The molecule has 0 radical (unpaired) electrons. The highest BCUT2D eigenvalue weighted by molar-refractivity contribution is 5.89. The SMILES string of the molecule is C=C(CO)C(=O)O[C@H]1C[C@]2(C)C3[C@@H](CC[C@H]2O)C(O)O[C@H]3[C@@H]1C(=C)C(=O)OC. The zero-order valence-electron chi connectivity index (χ0n) is 16.2. The van der Waals surface area contributed by atoms with Gasteiger partial charge in [0.2, 0.25) is 0 Å². The minimum Gasteiger partial charge on any atom is -0.466 e. The van der Waals surface area contributed by atoms with Crippen LogP contribution in [0.15, 0.2) is 24.3 Å². The summed E-state index contributed by atoms with van der Waals surface area (Å²) in [7, 11) is 1.23. The van der Waals surface area contributed by atoms with E-state index in [-0.39, 0.29) is 29.4 Å². The third kappa shape index (κ3) is 3.18. The molecule has 0 aromatic rings. The highest BCUT2D eigenvalue weighted by atomic mass is 16.6. The monoisotopic (exact) mass is 396 g/mol. The van der Waals surface area contributed by atoms with Crippen LogP contribution in [0.25, 0.3) is 0 Å². The van der Waals surface area contributed by atoms with Crippen molar-refractivity contribution in [3.8, 4) is 0 Å². The smallest absolute Gasteiger partial charge is 0.336 e. The van der Waals surface area contributed by atoms with E-state index in [1.54, 1.807) is 0 Å². The standard InChI is InChI=1S/C20H28O8/c1-9(8-21)17(23)27-12-7-20(3)13(22)6-5-11-15(20)16(28-19(11)25)14(12)10(2)18(24)26-4/h11-16,19,21-22,25H,1-2,5-8H2,3-4H3/t11-,12+,13-,14-,15?,16+,19?,20+/m1/s1. The molecule has 3 fully saturated rings. The fraction of sp³-hybridized carbons (Fsp3) is 0.700. The van der Waals surface area contributed by atoms with E-state index in [1.165, 1.54) is 7.11 Å². The van der Waals surface area contributed by atoms with Gasteiger partial charge in [-0.2, -0.15) is 0 Å². The highest BCUT2D eigenvalue weighted by Crippen LogP contribution is 2.60. The zero-order valence-corrected chi connectivity index (χ0v) is 16.2. The van der Waals surface area contributed by atoms with Gasteiger partial charge in [-0.05, 0) is 19.3 Å². The van der Waals surface area contributed by atoms with Crippen LogP contribution in [0, 0.1) is 23.2 Å². The Hall–Kier alpha value is -1.74. The Morgan fingerprint density at radius 1 is 1.21 bits per heavy atom. The first-order chi connectivity index (χ1) is 13.2. The van der Waals surface area contributed by atoms with E-state index in [1.807, 2.05) is 6.92 Å². The van der Waals surface area contributed by atoms with Crippen LogP contribution in [-0.2, 0) is 23.8 Å². The van der Waals surface area contributed by atoms with E-state index in [2.05, 4.69) is 13.2 Å². The highest BCUT2D eigenvalue weighted by Gasteiger charge is 2.65. The Balaban J connectivity index is 2.01. The first kappa shape index (κ1) is 21.0. The Morgan fingerprint density at radius 3 is 2.50 bits per heavy atom. The molecule has 8 nitrogen and oxygen atoms in total. The number of aliphatic hydroxyl groups excluding tert-OH is 3. The molecule has 2 saturated carbocycles. The number of aliphatic hydroxyl groups is 3. The lowest BCUT2D eigenvalue weighted by molar-refractivity contribution is -0.183. The number of ether oxygens (including phenoxy) is 3. The Labute approximate surface area is 163 Å². The number of carbonyl (C=O) groups excluding carboxylic acids is 2. The van der Waals surface area contributed by atoms with Crippen molar-refractivity contribution in [3.63, 3.8) is 0 Å². The molecule has 8 heteroatoms. The second-order valence-corrected chi connectivity index (χ2v) is 8.23. The number of hydrogen-bond donors (Lipinski definition) is 3. The average Bonchev–Trinajstić information content (AvgIpc) is 3.00. The van der Waals surface area contributed by atoms with Crippen LogP contribution in [0.4, 0.5) is 0 Å². The maximum Gasteiger partial charge on any atom is 0.336 e. The van der Waals surface area contributed by atoms with E-state index in [0.29, 0.717) is 12.8 Å². The van der Waals surface area contributed by atoms with E-state index in [9.17, 15) is 19.8 Å². The normalized spacial score (nSPS) is 41.7. The van der Waals surface area contributed by atoms with Gasteiger partial charge in [-0.25, -0.2) is 9.59 Å². The minimum absolute atomic E-state index is 0.0786. The molecule has 0 aromatic carbocycles. The van der Waals surface area contributed by atoms with Crippen molar-refractivity contribution in [3.05, 3.63) is 24.3 Å². The van der Waals surface area contributed by atoms with Crippen molar-refractivity contribution in [1.82, 2.24) is 0 Å². The van der Waals surface area contributed by atoms with Crippen LogP contribution in [0.3, 0.4) is 0 Å². The summed E-state index contributed by atoms with van der Waals surface area (Å²) in [5.74, 6) is -2.61. The quantitative estimate of drug-likeness (QED) is 0.448. The van der Waals surface area contributed by atoms with Gasteiger partial charge in [0.05, 0.1) is 37.4 Å². The molecule has 0 spiro atoms. The van der Waals surface area contributed by atoms with Crippen LogP contribution in [0.5, 0.6) is 0 Å². The predicted octanol–water partition coefficient (Wildman–Crippen LogP) is 0.306. The molecule has 3 aliphatic rings. The van der Waals surface area contributed by atoms with Gasteiger partial charge in [0.1, 0.15) is 6.10 Å². The molecule has 3 N–H and O–H groups in total. The first-order valence-electron chi connectivity index (χ1n) is 9.44. The molecular formula is C20H28O8. The average molecular weight is 396 g/mol. The van der Waals surface area contributed by atoms with Crippen LogP contribution < -0.4 is 0 Å². The molecule has 8 atom stereocenters. The maximum atomic E-state index is 12.3. The summed E-state index contributed by atoms with van der Waals surface area (Å²) in [6.07, 6.45) is -1.86. The summed E-state index contributed by atoms with van der Waals surface area (Å²) >= 11 is 0. The van der Waals surface area contributed by atoms with E-state index in [0.717, 1.165) is 0 Å². The fourth-order valence-electron chi connectivity index (χ4n) is 5.30. The summed E-state index contributed by atoms with van der Waals surface area (Å²) in [6, 6.07) is 0. The van der Waals surface area contributed by atoms with Gasteiger partial charge in [0.15, 0.2) is 6.29 Å². The van der Waals surface area contributed by atoms with Crippen LogP contribution in [0.2, 0.25) is 0 Å². The van der Waals surface area contributed by atoms with Crippen LogP contribution in [-0.4, -0.2) is 65.6 Å². The lowest BCUT2D eigenvalue weighted by Crippen LogP contribution is -2.59. The molecule has 2 unspecified atom stereocenters. The van der Waals surface area contributed by atoms with Gasteiger partial charge in [0.25, 0.3) is 0 Å². The molecule has 28 heavy (non-hydrogen) atoms. The largest absolute Gasteiger partial charge is 0.466 e. The first-order valence-corrected chi connectivity index (χ1v) is 9.44. The summed E-state index contributed by atoms with van der Waals surface area (Å²) in [5, 5.41) is 30.4. The van der Waals surface area contributed by atoms with Crippen LogP contribution in [0.1, 0.15) is 26.2 Å². The van der Waals surface area contributed by atoms with Gasteiger partial charge in [-0.1, -0.05) is 20.1 Å². The molecule has 0 aromatic heterocycles. The van der Waals surface area contributed by atoms with Crippen molar-refractivity contribution in [2.75, 3.05) is 13.7 Å². The number of esters is 2. The molecule has 1 heterocycles. The molecule has 156 valence electrons. The van der Waals surface area contributed by atoms with Crippen molar-refractivity contribution in [1.29, 1.82) is 0 Å². The second-order valence-electron chi connectivity index (χ2n) is 8.23. The van der Waals surface area contributed by atoms with Gasteiger partial charge in [-0.3, -0.25) is 0 Å². The topological polar surface area (TPSA) is 123 Å². The number of carbonyl (C=O) groups is 2. The lowest BCUT2D eigenvalue weighted by Gasteiger charge is -2.54. The van der Waals surface area contributed by atoms with Gasteiger partial charge in [0, 0.05) is 22.8 Å². The molecule has 1 saturated heterocycles. The lowest BCUT2D eigenvalue weighted by atomic mass is 9.52. The Bertz CT molecular complexity index is 688. The van der Waals surface area contributed by atoms with Gasteiger partial charge in [-0.15, -0.1) is 0 Å². The fourth-order valence-corrected chi connectivity index (χ4v) is 5.30. The molecule has 3 rings (SSSR count). The summed E-state index contributed by atoms with van der Waals surface area (Å²) in [5.41, 5.74) is -0.720. The summed E-state index contributed by atoms with van der Waals surface area (Å²) in [4.78, 5) is 24.5. The van der Waals surface area contributed by atoms with Crippen molar-refractivity contribution in [2.24, 2.45) is 23.2 Å². The van der Waals surface area contributed by atoms with E-state index >= 15 is 0 Å². The van der Waals surface area contributed by atoms with Gasteiger partial charge < -0.3 is 29.5 Å². The molecule has 1 aliphatic heterocycles. The van der Waals surface area contributed by atoms with Crippen molar-refractivity contribution < 1.29 is 39.1 Å². The molecule has 0 amide bonds. The van der Waals surface area contributed by atoms with Crippen molar-refractivity contribution >= 4 is 11.9 Å². The number of methoxy groups -OCH3 is 1. The predicted molar refractivity (Wildman–Crippen MR) is 96.6 cm³/mol. The maximum absolute atomic E-state index is 12.3.